The van der Waals surface area contributed by atoms with E-state index in [-0.39, 0.29) is 5.65 Å². The van der Waals surface area contributed by atoms with Gasteiger partial charge in [-0.05, 0) is 35.4 Å². The summed E-state index contributed by atoms with van der Waals surface area (Å²) >= 11 is 12.0. The molecule has 3 aromatic heterocycles. The van der Waals surface area contributed by atoms with Crippen molar-refractivity contribution < 1.29 is 17.7 Å². The monoisotopic (exact) mass is 503 g/mol. The van der Waals surface area contributed by atoms with Gasteiger partial charge in [-0.1, -0.05) is 52.6 Å². The van der Waals surface area contributed by atoms with Crippen molar-refractivity contribution in [3.8, 4) is 33.6 Å². The fourth-order valence-electron chi connectivity index (χ4n) is 3.37. The Balaban J connectivity index is 1.76. The maximum atomic E-state index is 13.1. The van der Waals surface area contributed by atoms with E-state index in [2.05, 4.69) is 25.0 Å². The van der Waals surface area contributed by atoms with Crippen molar-refractivity contribution in [1.82, 2.24) is 25.0 Å². The highest BCUT2D eigenvalue weighted by atomic mass is 35.5. The second-order valence-electron chi connectivity index (χ2n) is 7.11. The van der Waals surface area contributed by atoms with Crippen LogP contribution in [0, 0.1) is 0 Å². The lowest BCUT2D eigenvalue weighted by Crippen LogP contribution is -2.22. The normalized spacial score (nSPS) is 11.8. The van der Waals surface area contributed by atoms with Gasteiger partial charge in [0.15, 0.2) is 11.3 Å². The van der Waals surface area contributed by atoms with Gasteiger partial charge < -0.3 is 4.52 Å². The predicted octanol–water partition coefficient (Wildman–Crippen LogP) is 5.80. The summed E-state index contributed by atoms with van der Waals surface area (Å²) in [5.41, 5.74) is 0.974. The van der Waals surface area contributed by atoms with E-state index in [1.165, 1.54) is 6.20 Å². The van der Waals surface area contributed by atoms with Crippen LogP contribution in [0.5, 0.6) is 0 Å². The smallest absolute Gasteiger partial charge is 0.351 e. The maximum Gasteiger partial charge on any atom is 0.452 e. The first kappa shape index (κ1) is 22.1. The molecule has 0 unspecified atom stereocenters. The minimum Gasteiger partial charge on any atom is -0.351 e. The first-order valence-corrected chi connectivity index (χ1v) is 10.3. The van der Waals surface area contributed by atoms with E-state index >= 15 is 0 Å². The van der Waals surface area contributed by atoms with Crippen LogP contribution in [-0.2, 0) is 6.18 Å². The standard InChI is InChI=1S/C22H10Cl2F3N5O2/c23-13-5-1-11(2-6-13)15-10-28-32-20(18(15)12-3-7-14(24)8-4-12)30-29-19(21(32)33)16-9-17(34-31-16)22(25,26)27/h1-10H. The van der Waals surface area contributed by atoms with Gasteiger partial charge in [-0.2, -0.15) is 22.8 Å². The van der Waals surface area contributed by atoms with Gasteiger partial charge in [-0.25, -0.2) is 0 Å². The molecular weight excluding hydrogens is 494 g/mol. The zero-order valence-corrected chi connectivity index (χ0v) is 18.2. The van der Waals surface area contributed by atoms with Crippen LogP contribution >= 0.6 is 23.2 Å². The van der Waals surface area contributed by atoms with E-state index in [1.807, 2.05) is 0 Å². The second-order valence-corrected chi connectivity index (χ2v) is 7.98. The average molecular weight is 504 g/mol. The highest BCUT2D eigenvalue weighted by Crippen LogP contribution is 2.35. The van der Waals surface area contributed by atoms with Gasteiger partial charge in [0, 0.05) is 27.2 Å². The first-order valence-electron chi connectivity index (χ1n) is 9.57. The highest BCUT2D eigenvalue weighted by Gasteiger charge is 2.36. The lowest BCUT2D eigenvalue weighted by Gasteiger charge is -2.13. The molecule has 170 valence electrons. The number of aromatic nitrogens is 5. The third kappa shape index (κ3) is 3.91. The van der Waals surface area contributed by atoms with Crippen LogP contribution in [0.3, 0.4) is 0 Å². The van der Waals surface area contributed by atoms with E-state index in [4.69, 9.17) is 23.2 Å². The number of benzene rings is 2. The van der Waals surface area contributed by atoms with Crippen molar-refractivity contribution in [2.24, 2.45) is 0 Å². The van der Waals surface area contributed by atoms with E-state index in [0.717, 1.165) is 10.1 Å². The number of rotatable bonds is 3. The summed E-state index contributed by atoms with van der Waals surface area (Å²) < 4.78 is 43.9. The molecule has 0 radical (unpaired) electrons. The summed E-state index contributed by atoms with van der Waals surface area (Å²) in [4.78, 5) is 13.1. The molecule has 3 heterocycles. The van der Waals surface area contributed by atoms with Crippen molar-refractivity contribution in [3.63, 3.8) is 0 Å². The van der Waals surface area contributed by atoms with Crippen LogP contribution in [0.2, 0.25) is 10.0 Å². The Labute approximate surface area is 198 Å². The van der Waals surface area contributed by atoms with Crippen molar-refractivity contribution in [2.75, 3.05) is 0 Å². The highest BCUT2D eigenvalue weighted by molar-refractivity contribution is 6.31. The summed E-state index contributed by atoms with van der Waals surface area (Å²) in [6.07, 6.45) is -3.31. The number of alkyl halides is 3. The number of halogens is 5. The molecule has 2 aromatic carbocycles. The molecule has 34 heavy (non-hydrogen) atoms. The van der Waals surface area contributed by atoms with E-state index in [1.54, 1.807) is 48.5 Å². The van der Waals surface area contributed by atoms with Crippen LogP contribution < -0.4 is 5.56 Å². The van der Waals surface area contributed by atoms with Gasteiger partial charge >= 0.3 is 11.7 Å². The summed E-state index contributed by atoms with van der Waals surface area (Å²) in [6.45, 7) is 0. The molecule has 0 N–H and O–H groups in total. The minimum absolute atomic E-state index is 0.0862. The number of hydrogen-bond donors (Lipinski definition) is 0. The lowest BCUT2D eigenvalue weighted by atomic mass is 9.97. The molecule has 5 rings (SSSR count). The molecule has 0 aliphatic heterocycles. The fourth-order valence-corrected chi connectivity index (χ4v) is 3.63. The van der Waals surface area contributed by atoms with Crippen molar-refractivity contribution >= 4 is 28.8 Å². The Kier molecular flexibility index (Phi) is 5.34. The van der Waals surface area contributed by atoms with Gasteiger partial charge in [-0.3, -0.25) is 4.79 Å². The summed E-state index contributed by atoms with van der Waals surface area (Å²) in [5.74, 6) is -1.36. The molecule has 0 fully saturated rings. The molecule has 0 amide bonds. The third-order valence-corrected chi connectivity index (χ3v) is 5.46. The van der Waals surface area contributed by atoms with Crippen LogP contribution in [0.1, 0.15) is 5.76 Å². The van der Waals surface area contributed by atoms with Crippen molar-refractivity contribution in [1.29, 1.82) is 0 Å². The van der Waals surface area contributed by atoms with E-state index < -0.39 is 28.9 Å². The van der Waals surface area contributed by atoms with Gasteiger partial charge in [0.25, 0.3) is 0 Å². The Bertz CT molecular complexity index is 1580. The molecule has 0 aliphatic carbocycles. The maximum absolute atomic E-state index is 13.1. The summed E-state index contributed by atoms with van der Waals surface area (Å²) in [7, 11) is 0. The second kappa shape index (κ2) is 8.23. The minimum atomic E-state index is -4.76. The van der Waals surface area contributed by atoms with Gasteiger partial charge in [0.2, 0.25) is 5.76 Å². The molecule has 0 saturated carbocycles. The molecule has 5 aromatic rings. The number of nitrogens with zero attached hydrogens (tertiary/aromatic N) is 5. The van der Waals surface area contributed by atoms with Gasteiger partial charge in [0.05, 0.1) is 6.20 Å². The SMILES string of the molecule is O=c1c(-c2cc(C(F)(F)F)on2)nnc2c(-c3ccc(Cl)cc3)c(-c3ccc(Cl)cc3)cnn12. The molecule has 12 heteroatoms. The number of hydrogen-bond acceptors (Lipinski definition) is 6. The van der Waals surface area contributed by atoms with Crippen molar-refractivity contribution in [3.05, 3.63) is 87.0 Å². The molecule has 0 saturated heterocycles. The third-order valence-electron chi connectivity index (χ3n) is 4.96. The van der Waals surface area contributed by atoms with Gasteiger partial charge in [0.1, 0.15) is 5.69 Å². The number of fused-ring (bicyclic) bond motifs is 1. The largest absolute Gasteiger partial charge is 0.452 e. The Morgan fingerprint density at radius 1 is 0.882 bits per heavy atom. The average Bonchev–Trinajstić information content (AvgIpc) is 3.31. The lowest BCUT2D eigenvalue weighted by molar-refractivity contribution is -0.155. The zero-order valence-electron chi connectivity index (χ0n) is 16.7. The molecule has 7 nitrogen and oxygen atoms in total. The van der Waals surface area contributed by atoms with Crippen molar-refractivity contribution in [2.45, 2.75) is 6.18 Å². The van der Waals surface area contributed by atoms with Crippen LogP contribution in [-0.4, -0.2) is 25.0 Å². The Hall–Kier alpha value is -3.76. The Morgan fingerprint density at radius 3 is 2.09 bits per heavy atom. The molecule has 0 bridgehead atoms. The molecule has 0 atom stereocenters. The van der Waals surface area contributed by atoms with E-state index in [0.29, 0.717) is 32.8 Å². The quantitative estimate of drug-likeness (QED) is 0.309. The summed E-state index contributed by atoms with van der Waals surface area (Å²) in [5, 5.41) is 16.5. The first-order chi connectivity index (χ1) is 16.2. The molecule has 0 spiro atoms. The Morgan fingerprint density at radius 2 is 1.50 bits per heavy atom. The van der Waals surface area contributed by atoms with Crippen LogP contribution in [0.15, 0.2) is 70.1 Å². The van der Waals surface area contributed by atoms with E-state index in [9.17, 15) is 18.0 Å². The zero-order chi connectivity index (χ0) is 24.0. The molecule has 0 aliphatic rings. The summed E-state index contributed by atoms with van der Waals surface area (Å²) in [6, 6.07) is 14.4. The van der Waals surface area contributed by atoms with Crippen LogP contribution in [0.25, 0.3) is 39.3 Å². The fraction of sp³-hybridized carbons (Fsp3) is 0.0455. The predicted molar refractivity (Wildman–Crippen MR) is 118 cm³/mol. The van der Waals surface area contributed by atoms with Gasteiger partial charge in [-0.15, -0.1) is 10.2 Å². The van der Waals surface area contributed by atoms with Crippen LogP contribution in [0.4, 0.5) is 13.2 Å². The molecular formula is C22H10Cl2F3N5O2. The topological polar surface area (TPSA) is 86.2 Å².